The van der Waals surface area contributed by atoms with Gasteiger partial charge < -0.3 is 15.2 Å². The first-order valence-corrected chi connectivity index (χ1v) is 8.58. The Kier molecular flexibility index (Phi) is 5.69. The topological polar surface area (TPSA) is 114 Å². The number of fused-ring (bicyclic) bond motifs is 1. The van der Waals surface area contributed by atoms with Gasteiger partial charge in [-0.15, -0.1) is 0 Å². The van der Waals surface area contributed by atoms with E-state index < -0.39 is 18.5 Å². The maximum Gasteiger partial charge on any atom is 0.306 e. The molecule has 0 spiro atoms. The Hall–Kier alpha value is -3.68. The van der Waals surface area contributed by atoms with Gasteiger partial charge >= 0.3 is 5.97 Å². The molecular formula is C20H19N3O5. The number of primary amides is 1. The van der Waals surface area contributed by atoms with Crippen molar-refractivity contribution in [1.82, 2.24) is 9.55 Å². The quantitative estimate of drug-likeness (QED) is 0.618. The molecule has 0 aliphatic heterocycles. The predicted molar refractivity (Wildman–Crippen MR) is 102 cm³/mol. The number of benzene rings is 2. The van der Waals surface area contributed by atoms with E-state index in [1.165, 1.54) is 0 Å². The summed E-state index contributed by atoms with van der Waals surface area (Å²) in [5.74, 6) is -0.684. The number of aromatic nitrogens is 2. The van der Waals surface area contributed by atoms with Crippen molar-refractivity contribution < 1.29 is 19.1 Å². The molecule has 2 aromatic carbocycles. The van der Waals surface area contributed by atoms with E-state index in [4.69, 9.17) is 15.2 Å². The largest absolute Gasteiger partial charge is 0.497 e. The molecule has 0 fully saturated rings. The fourth-order valence-corrected chi connectivity index (χ4v) is 2.77. The van der Waals surface area contributed by atoms with Crippen LogP contribution in [0.15, 0.2) is 53.3 Å². The molecule has 1 amide bonds. The number of esters is 1. The van der Waals surface area contributed by atoms with Crippen molar-refractivity contribution in [3.05, 3.63) is 64.6 Å². The number of ether oxygens (including phenoxy) is 2. The first-order valence-electron chi connectivity index (χ1n) is 8.58. The summed E-state index contributed by atoms with van der Waals surface area (Å²) in [6.07, 6.45) is -0.00606. The molecule has 144 valence electrons. The van der Waals surface area contributed by atoms with Gasteiger partial charge in [-0.1, -0.05) is 12.1 Å². The summed E-state index contributed by atoms with van der Waals surface area (Å²) in [7, 11) is 1.57. The number of methoxy groups -OCH3 is 1. The molecule has 1 heterocycles. The highest BCUT2D eigenvalue weighted by atomic mass is 16.5. The van der Waals surface area contributed by atoms with E-state index in [2.05, 4.69) is 4.98 Å². The second-order valence-electron chi connectivity index (χ2n) is 6.01. The Morgan fingerprint density at radius 1 is 1.11 bits per heavy atom. The van der Waals surface area contributed by atoms with Crippen molar-refractivity contribution in [1.29, 1.82) is 0 Å². The first kappa shape index (κ1) is 19.1. The lowest BCUT2D eigenvalue weighted by atomic mass is 10.2. The number of carbonyl (C=O) groups excluding carboxylic acids is 2. The van der Waals surface area contributed by atoms with Crippen LogP contribution in [0.5, 0.6) is 5.75 Å². The molecule has 3 rings (SSSR count). The third-order valence-electron chi connectivity index (χ3n) is 4.10. The van der Waals surface area contributed by atoms with E-state index >= 15 is 0 Å². The summed E-state index contributed by atoms with van der Waals surface area (Å²) in [6.45, 7) is -0.486. The number of rotatable bonds is 7. The Balaban J connectivity index is 1.98. The molecule has 0 bridgehead atoms. The molecule has 3 aromatic rings. The van der Waals surface area contributed by atoms with Crippen LogP contribution in [-0.4, -0.2) is 35.1 Å². The van der Waals surface area contributed by atoms with Gasteiger partial charge in [-0.3, -0.25) is 19.0 Å². The Morgan fingerprint density at radius 2 is 1.82 bits per heavy atom. The monoisotopic (exact) mass is 381 g/mol. The van der Waals surface area contributed by atoms with E-state index in [1.807, 2.05) is 12.1 Å². The van der Waals surface area contributed by atoms with E-state index in [1.54, 1.807) is 48.1 Å². The maximum atomic E-state index is 13.1. The number of carbonyl (C=O) groups is 2. The van der Waals surface area contributed by atoms with Crippen LogP contribution in [-0.2, 0) is 20.7 Å². The predicted octanol–water partition coefficient (Wildman–Crippen LogP) is 1.36. The smallest absolute Gasteiger partial charge is 0.306 e. The number of hydrogen-bond acceptors (Lipinski definition) is 6. The average Bonchev–Trinajstić information content (AvgIpc) is 2.71. The summed E-state index contributed by atoms with van der Waals surface area (Å²) >= 11 is 0. The van der Waals surface area contributed by atoms with Crippen molar-refractivity contribution in [2.75, 3.05) is 13.7 Å². The minimum absolute atomic E-state index is 0.0808. The van der Waals surface area contributed by atoms with Gasteiger partial charge in [0.2, 0.25) is 0 Å². The Labute approximate surface area is 160 Å². The van der Waals surface area contributed by atoms with Gasteiger partial charge in [-0.25, -0.2) is 4.98 Å². The second-order valence-corrected chi connectivity index (χ2v) is 6.01. The number of hydrogen-bond donors (Lipinski definition) is 1. The first-order chi connectivity index (χ1) is 13.5. The van der Waals surface area contributed by atoms with Crippen molar-refractivity contribution >= 4 is 22.9 Å². The van der Waals surface area contributed by atoms with E-state index in [0.29, 0.717) is 22.5 Å². The molecular weight excluding hydrogens is 362 g/mol. The van der Waals surface area contributed by atoms with Gasteiger partial charge in [0.25, 0.3) is 11.5 Å². The lowest BCUT2D eigenvalue weighted by Crippen LogP contribution is -2.26. The molecule has 0 radical (unpaired) electrons. The summed E-state index contributed by atoms with van der Waals surface area (Å²) in [4.78, 5) is 39.9. The Morgan fingerprint density at radius 3 is 2.50 bits per heavy atom. The van der Waals surface area contributed by atoms with E-state index in [9.17, 15) is 14.4 Å². The molecule has 8 nitrogen and oxygen atoms in total. The number of para-hydroxylation sites is 2. The summed E-state index contributed by atoms with van der Waals surface area (Å²) < 4.78 is 11.4. The van der Waals surface area contributed by atoms with Gasteiger partial charge in [0.05, 0.1) is 24.6 Å². The molecule has 0 atom stereocenters. The summed E-state index contributed by atoms with van der Waals surface area (Å²) in [5.41, 5.74) is 6.78. The van der Waals surface area contributed by atoms with E-state index in [-0.39, 0.29) is 24.1 Å². The van der Waals surface area contributed by atoms with Crippen LogP contribution in [0.25, 0.3) is 16.7 Å². The molecule has 1 aromatic heterocycles. The summed E-state index contributed by atoms with van der Waals surface area (Å²) in [5, 5.41) is 0. The normalized spacial score (nSPS) is 10.6. The van der Waals surface area contributed by atoms with Crippen molar-refractivity contribution in [2.45, 2.75) is 12.8 Å². The lowest BCUT2D eigenvalue weighted by Gasteiger charge is -2.13. The number of aryl methyl sites for hydroxylation is 1. The molecule has 0 saturated carbocycles. The third-order valence-corrected chi connectivity index (χ3v) is 4.10. The highest BCUT2D eigenvalue weighted by Gasteiger charge is 2.14. The molecule has 0 aliphatic rings. The Bertz CT molecular complexity index is 1070. The van der Waals surface area contributed by atoms with Crippen LogP contribution >= 0.6 is 0 Å². The van der Waals surface area contributed by atoms with Crippen LogP contribution in [0.4, 0.5) is 0 Å². The fraction of sp³-hybridized carbons (Fsp3) is 0.200. The van der Waals surface area contributed by atoms with Crippen LogP contribution < -0.4 is 16.0 Å². The zero-order valence-electron chi connectivity index (χ0n) is 15.3. The van der Waals surface area contributed by atoms with Crippen molar-refractivity contribution in [3.8, 4) is 11.4 Å². The fourth-order valence-electron chi connectivity index (χ4n) is 2.77. The molecule has 0 saturated heterocycles. The molecule has 0 aliphatic carbocycles. The van der Waals surface area contributed by atoms with Gasteiger partial charge in [0, 0.05) is 12.1 Å². The van der Waals surface area contributed by atoms with Gasteiger partial charge in [0.15, 0.2) is 6.61 Å². The molecule has 28 heavy (non-hydrogen) atoms. The lowest BCUT2D eigenvalue weighted by molar-refractivity contribution is -0.147. The van der Waals surface area contributed by atoms with E-state index in [0.717, 1.165) is 0 Å². The van der Waals surface area contributed by atoms with Crippen LogP contribution in [0.2, 0.25) is 0 Å². The maximum absolute atomic E-state index is 13.1. The second kappa shape index (κ2) is 8.34. The van der Waals surface area contributed by atoms with Gasteiger partial charge in [0.1, 0.15) is 11.4 Å². The highest BCUT2D eigenvalue weighted by molar-refractivity contribution is 5.79. The van der Waals surface area contributed by atoms with Crippen molar-refractivity contribution in [2.24, 2.45) is 5.73 Å². The third kappa shape index (κ3) is 4.17. The molecule has 0 unspecified atom stereocenters. The highest BCUT2D eigenvalue weighted by Crippen LogP contribution is 2.19. The minimum Gasteiger partial charge on any atom is -0.497 e. The summed E-state index contributed by atoms with van der Waals surface area (Å²) in [6, 6.07) is 14.3. The zero-order chi connectivity index (χ0) is 20.1. The molecule has 8 heteroatoms. The van der Waals surface area contributed by atoms with Gasteiger partial charge in [-0.05, 0) is 36.4 Å². The van der Waals surface area contributed by atoms with Crippen molar-refractivity contribution in [3.63, 3.8) is 0 Å². The standard InChI is InChI=1S/C20H19N3O5/c1-27-14-8-6-13(7-9-14)23-17-5-3-2-4-15(17)22-16(20(23)26)10-11-19(25)28-12-18(21)24/h2-9H,10-12H2,1H3,(H2,21,24). The average molecular weight is 381 g/mol. The van der Waals surface area contributed by atoms with Crippen LogP contribution in [0.1, 0.15) is 12.1 Å². The van der Waals surface area contributed by atoms with Crippen LogP contribution in [0.3, 0.4) is 0 Å². The van der Waals surface area contributed by atoms with Gasteiger partial charge in [-0.2, -0.15) is 0 Å². The zero-order valence-corrected chi connectivity index (χ0v) is 15.3. The van der Waals surface area contributed by atoms with Crippen LogP contribution in [0, 0.1) is 0 Å². The molecule has 2 N–H and O–H groups in total. The number of nitrogens with two attached hydrogens (primary N) is 1. The SMILES string of the molecule is COc1ccc(-n2c(=O)c(CCC(=O)OCC(N)=O)nc3ccccc32)cc1. The number of amides is 1. The number of nitrogens with zero attached hydrogens (tertiary/aromatic N) is 2. The minimum atomic E-state index is -0.737.